The Kier molecular flexibility index (Phi) is 8.10. The van der Waals surface area contributed by atoms with Gasteiger partial charge >= 0.3 is 0 Å². The lowest BCUT2D eigenvalue weighted by molar-refractivity contribution is -0.384. The van der Waals surface area contributed by atoms with Crippen LogP contribution in [-0.4, -0.2) is 48.1 Å². The Hall–Kier alpha value is -1.70. The van der Waals surface area contributed by atoms with Crippen molar-refractivity contribution in [1.29, 1.82) is 0 Å². The number of piperidine rings is 1. The van der Waals surface area contributed by atoms with E-state index >= 15 is 0 Å². The van der Waals surface area contributed by atoms with E-state index < -0.39 is 4.92 Å². The van der Waals surface area contributed by atoms with E-state index in [2.05, 4.69) is 0 Å². The average molecular weight is 358 g/mol. The summed E-state index contributed by atoms with van der Waals surface area (Å²) in [5.41, 5.74) is 6.47. The van der Waals surface area contributed by atoms with Gasteiger partial charge in [0.2, 0.25) is 0 Å². The number of hydrogen-bond acceptors (Lipinski definition) is 5. The molecule has 0 saturated carbocycles. The molecule has 2 N–H and O–H groups in total. The van der Waals surface area contributed by atoms with Gasteiger partial charge in [0, 0.05) is 37.4 Å². The van der Waals surface area contributed by atoms with Crippen LogP contribution in [0.4, 0.5) is 5.69 Å². The van der Waals surface area contributed by atoms with Crippen molar-refractivity contribution in [2.45, 2.75) is 32.3 Å². The highest BCUT2D eigenvalue weighted by atomic mass is 35.5. The van der Waals surface area contributed by atoms with Crippen molar-refractivity contribution in [2.75, 3.05) is 26.2 Å². The second-order valence-electron chi connectivity index (χ2n) is 5.82. The first kappa shape index (κ1) is 20.3. The predicted octanol–water partition coefficient (Wildman–Crippen LogP) is 2.30. The predicted molar refractivity (Wildman–Crippen MR) is 93.6 cm³/mol. The number of nitrogens with zero attached hydrogens (tertiary/aromatic N) is 2. The maximum atomic E-state index is 12.5. The van der Waals surface area contributed by atoms with Crippen molar-refractivity contribution in [2.24, 2.45) is 5.73 Å². The topological polar surface area (TPSA) is 98.7 Å². The van der Waals surface area contributed by atoms with E-state index in [4.69, 9.17) is 10.5 Å². The number of halogens is 1. The molecule has 1 amide bonds. The molecule has 24 heavy (non-hydrogen) atoms. The van der Waals surface area contributed by atoms with Gasteiger partial charge in [0.05, 0.1) is 11.0 Å². The van der Waals surface area contributed by atoms with E-state index in [0.717, 1.165) is 19.3 Å². The highest BCUT2D eigenvalue weighted by Crippen LogP contribution is 2.21. The van der Waals surface area contributed by atoms with Crippen LogP contribution in [0.5, 0.6) is 0 Å². The van der Waals surface area contributed by atoms with Crippen LogP contribution in [0.2, 0.25) is 0 Å². The van der Waals surface area contributed by atoms with Gasteiger partial charge in [-0.05, 0) is 44.4 Å². The lowest BCUT2D eigenvalue weighted by Crippen LogP contribution is -2.41. The molecule has 1 saturated heterocycles. The third-order valence-electron chi connectivity index (χ3n) is 3.95. The molecule has 0 radical (unpaired) electrons. The van der Waals surface area contributed by atoms with E-state index in [1.54, 1.807) is 17.9 Å². The molecule has 7 nitrogen and oxygen atoms in total. The fraction of sp³-hybridized carbons (Fsp3) is 0.562. The molecule has 0 aromatic heterocycles. The molecule has 1 aromatic carbocycles. The molecular weight excluding hydrogens is 334 g/mol. The number of rotatable bonds is 6. The Balaban J connectivity index is 0.00000288. The summed E-state index contributed by atoms with van der Waals surface area (Å²) in [7, 11) is 0. The van der Waals surface area contributed by atoms with Gasteiger partial charge in [-0.15, -0.1) is 12.4 Å². The zero-order valence-corrected chi connectivity index (χ0v) is 14.6. The number of aryl methyl sites for hydroxylation is 1. The zero-order valence-electron chi connectivity index (χ0n) is 13.8. The van der Waals surface area contributed by atoms with Gasteiger partial charge in [-0.1, -0.05) is 0 Å². The minimum atomic E-state index is -0.471. The Morgan fingerprint density at radius 2 is 2.04 bits per heavy atom. The minimum Gasteiger partial charge on any atom is -0.378 e. The number of hydrogen-bond donors (Lipinski definition) is 1. The van der Waals surface area contributed by atoms with Crippen LogP contribution < -0.4 is 5.73 Å². The van der Waals surface area contributed by atoms with E-state index in [9.17, 15) is 14.9 Å². The third kappa shape index (κ3) is 5.43. The molecule has 0 spiro atoms. The van der Waals surface area contributed by atoms with Crippen molar-refractivity contribution in [3.63, 3.8) is 0 Å². The fourth-order valence-electron chi connectivity index (χ4n) is 2.73. The Morgan fingerprint density at radius 1 is 1.38 bits per heavy atom. The highest BCUT2D eigenvalue weighted by Gasteiger charge is 2.25. The number of benzene rings is 1. The Labute approximate surface area is 147 Å². The number of nitro groups is 1. The normalized spacial score (nSPS) is 15.0. The second kappa shape index (κ2) is 9.56. The van der Waals surface area contributed by atoms with E-state index in [1.165, 1.54) is 12.1 Å². The third-order valence-corrected chi connectivity index (χ3v) is 3.95. The van der Waals surface area contributed by atoms with Crippen molar-refractivity contribution in [3.8, 4) is 0 Å². The van der Waals surface area contributed by atoms with Crippen molar-refractivity contribution < 1.29 is 14.5 Å². The summed E-state index contributed by atoms with van der Waals surface area (Å²) in [5, 5.41) is 10.9. The van der Waals surface area contributed by atoms with E-state index in [-0.39, 0.29) is 30.1 Å². The average Bonchev–Trinajstić information content (AvgIpc) is 2.54. The monoisotopic (exact) mass is 357 g/mol. The summed E-state index contributed by atoms with van der Waals surface area (Å²) < 4.78 is 5.72. The quantitative estimate of drug-likeness (QED) is 0.478. The van der Waals surface area contributed by atoms with Crippen molar-refractivity contribution in [1.82, 2.24) is 4.90 Å². The van der Waals surface area contributed by atoms with Crippen LogP contribution in [0.15, 0.2) is 18.2 Å². The molecule has 1 fully saturated rings. The van der Waals surface area contributed by atoms with Crippen LogP contribution in [-0.2, 0) is 4.74 Å². The summed E-state index contributed by atoms with van der Waals surface area (Å²) in [4.78, 5) is 24.7. The summed E-state index contributed by atoms with van der Waals surface area (Å²) in [6.45, 7) is 4.23. The maximum Gasteiger partial charge on any atom is 0.270 e. The number of nitro benzene ring substituents is 1. The number of likely N-dealkylation sites (tertiary alicyclic amines) is 1. The number of amides is 1. The van der Waals surface area contributed by atoms with E-state index in [1.807, 2.05) is 0 Å². The molecule has 0 atom stereocenters. The molecule has 2 rings (SSSR count). The molecule has 0 bridgehead atoms. The smallest absolute Gasteiger partial charge is 0.270 e. The van der Waals surface area contributed by atoms with Gasteiger partial charge in [-0.2, -0.15) is 0 Å². The molecule has 8 heteroatoms. The van der Waals surface area contributed by atoms with Crippen molar-refractivity contribution >= 4 is 24.0 Å². The molecule has 1 heterocycles. The number of nitrogens with two attached hydrogens (primary N) is 1. The van der Waals surface area contributed by atoms with Crippen LogP contribution in [0.1, 0.15) is 35.2 Å². The summed E-state index contributed by atoms with van der Waals surface area (Å²) in [5.74, 6) is -0.155. The van der Waals surface area contributed by atoms with Gasteiger partial charge in [0.15, 0.2) is 0 Å². The summed E-state index contributed by atoms with van der Waals surface area (Å²) in [6, 6.07) is 4.51. The fourth-order valence-corrected chi connectivity index (χ4v) is 2.73. The van der Waals surface area contributed by atoms with Gasteiger partial charge in [0.1, 0.15) is 0 Å². The number of non-ortho nitro benzene ring substituents is 1. The van der Waals surface area contributed by atoms with Gasteiger partial charge < -0.3 is 15.4 Å². The first-order valence-corrected chi connectivity index (χ1v) is 7.88. The van der Waals surface area contributed by atoms with Gasteiger partial charge in [-0.25, -0.2) is 0 Å². The first-order chi connectivity index (χ1) is 11.0. The molecule has 1 aliphatic heterocycles. The van der Waals surface area contributed by atoms with Crippen LogP contribution in [0, 0.1) is 17.0 Å². The largest absolute Gasteiger partial charge is 0.378 e. The SMILES string of the molecule is Cc1cc(C(=O)N2CCC(OCCCN)CC2)cc([N+](=O)[O-])c1.Cl. The number of carbonyl (C=O) groups is 1. The van der Waals surface area contributed by atoms with Gasteiger partial charge in [0.25, 0.3) is 11.6 Å². The van der Waals surface area contributed by atoms with Crippen LogP contribution in [0.25, 0.3) is 0 Å². The molecule has 1 aromatic rings. The second-order valence-corrected chi connectivity index (χ2v) is 5.82. The molecule has 0 unspecified atom stereocenters. The van der Waals surface area contributed by atoms with Crippen LogP contribution >= 0.6 is 12.4 Å². The standard InChI is InChI=1S/C16H23N3O4.ClH/c1-12-9-13(11-14(10-12)19(21)22)16(20)18-6-3-15(4-7-18)23-8-2-5-17;/h9-11,15H,2-8,17H2,1H3;1H. The lowest BCUT2D eigenvalue weighted by atomic mass is 10.0. The van der Waals surface area contributed by atoms with Gasteiger partial charge in [-0.3, -0.25) is 14.9 Å². The Bertz CT molecular complexity index is 574. The molecule has 0 aliphatic carbocycles. The molecule has 1 aliphatic rings. The minimum absolute atomic E-state index is 0. The highest BCUT2D eigenvalue weighted by molar-refractivity contribution is 5.95. The molecule has 134 valence electrons. The summed E-state index contributed by atoms with van der Waals surface area (Å²) in [6.07, 6.45) is 2.57. The number of ether oxygens (including phenoxy) is 1. The first-order valence-electron chi connectivity index (χ1n) is 7.88. The van der Waals surface area contributed by atoms with Crippen LogP contribution in [0.3, 0.4) is 0 Å². The number of carbonyl (C=O) groups excluding carboxylic acids is 1. The lowest BCUT2D eigenvalue weighted by Gasteiger charge is -2.32. The summed E-state index contributed by atoms with van der Waals surface area (Å²) >= 11 is 0. The maximum absolute atomic E-state index is 12.5. The zero-order chi connectivity index (χ0) is 16.8. The Morgan fingerprint density at radius 3 is 2.62 bits per heavy atom. The van der Waals surface area contributed by atoms with Crippen molar-refractivity contribution in [3.05, 3.63) is 39.4 Å². The van der Waals surface area contributed by atoms with E-state index in [0.29, 0.717) is 37.4 Å². The molecular formula is C16H24ClN3O4.